The molecule has 0 aliphatic carbocycles. The van der Waals surface area contributed by atoms with Gasteiger partial charge in [0.25, 0.3) is 5.91 Å². The summed E-state index contributed by atoms with van der Waals surface area (Å²) in [7, 11) is 0. The molecule has 2 aromatic rings. The fourth-order valence-electron chi connectivity index (χ4n) is 6.13. The lowest BCUT2D eigenvalue weighted by atomic mass is 9.84. The van der Waals surface area contributed by atoms with Crippen LogP contribution in [0, 0.1) is 18.8 Å². The van der Waals surface area contributed by atoms with Crippen LogP contribution in [0.3, 0.4) is 0 Å². The van der Waals surface area contributed by atoms with Gasteiger partial charge in [-0.2, -0.15) is 0 Å². The van der Waals surface area contributed by atoms with Gasteiger partial charge >= 0.3 is 0 Å². The van der Waals surface area contributed by atoms with Gasteiger partial charge in [-0.25, -0.2) is 0 Å². The number of benzene rings is 2. The maximum atomic E-state index is 13.7. The van der Waals surface area contributed by atoms with E-state index in [1.165, 1.54) is 0 Å². The molecule has 2 fully saturated rings. The molecule has 8 nitrogen and oxygen atoms in total. The summed E-state index contributed by atoms with van der Waals surface area (Å²) in [5.41, 5.74) is 5.83. The third kappa shape index (κ3) is 7.22. The Kier molecular flexibility index (Phi) is 10.6. The van der Waals surface area contributed by atoms with E-state index in [1.54, 1.807) is 0 Å². The lowest BCUT2D eigenvalue weighted by Gasteiger charge is -2.37. The third-order valence-electron chi connectivity index (χ3n) is 8.43. The van der Waals surface area contributed by atoms with Crippen LogP contribution in [0.2, 0.25) is 0 Å². The molecule has 2 heterocycles. The number of carbonyl (C=O) groups is 2. The number of anilines is 1. The van der Waals surface area contributed by atoms with E-state index in [-0.39, 0.29) is 36.3 Å². The predicted molar refractivity (Wildman–Crippen MR) is 159 cm³/mol. The van der Waals surface area contributed by atoms with Crippen molar-refractivity contribution in [2.75, 3.05) is 44.4 Å². The molecule has 3 unspecified atom stereocenters. The van der Waals surface area contributed by atoms with Gasteiger partial charge < -0.3 is 30.7 Å². The third-order valence-corrected chi connectivity index (χ3v) is 8.43. The van der Waals surface area contributed by atoms with E-state index in [1.807, 2.05) is 19.9 Å². The maximum Gasteiger partial charge on any atom is 0.251 e. The summed E-state index contributed by atoms with van der Waals surface area (Å²) in [6.07, 6.45) is 2.83. The van der Waals surface area contributed by atoms with Gasteiger partial charge in [0.05, 0.1) is 12.5 Å². The highest BCUT2D eigenvalue weighted by Gasteiger charge is 2.32. The minimum absolute atomic E-state index is 0.0166. The van der Waals surface area contributed by atoms with Crippen LogP contribution in [-0.4, -0.2) is 68.5 Å². The predicted octanol–water partition coefficient (Wildman–Crippen LogP) is 3.64. The number of aliphatic hydroxyl groups excluding tert-OH is 1. The Balaban J connectivity index is 1.64. The number of hydrogen-bond acceptors (Lipinski definition) is 6. The van der Waals surface area contributed by atoms with Crippen molar-refractivity contribution < 1.29 is 19.4 Å². The van der Waals surface area contributed by atoms with Crippen LogP contribution in [-0.2, 0) is 16.1 Å². The molecular weight excluding hydrogens is 504 g/mol. The molecule has 2 saturated heterocycles. The Morgan fingerprint density at radius 1 is 1.12 bits per heavy atom. The molecule has 2 amide bonds. The zero-order valence-corrected chi connectivity index (χ0v) is 24.5. The number of nitrogens with zero attached hydrogens (tertiary/aromatic N) is 1. The van der Waals surface area contributed by atoms with Crippen LogP contribution >= 0.6 is 0 Å². The highest BCUT2D eigenvalue weighted by molar-refractivity contribution is 5.99. The zero-order chi connectivity index (χ0) is 28.6. The second-order valence-corrected chi connectivity index (χ2v) is 11.3. The number of hydrogen-bond donors (Lipinski definition) is 4. The van der Waals surface area contributed by atoms with Crippen LogP contribution in [0.4, 0.5) is 5.69 Å². The molecule has 0 bridgehead atoms. The Morgan fingerprint density at radius 3 is 2.50 bits per heavy atom. The average molecular weight is 551 g/mol. The van der Waals surface area contributed by atoms with Crippen molar-refractivity contribution in [2.24, 2.45) is 11.8 Å². The molecule has 0 saturated carbocycles. The Labute approximate surface area is 238 Å². The van der Waals surface area contributed by atoms with E-state index in [9.17, 15) is 9.59 Å². The van der Waals surface area contributed by atoms with Gasteiger partial charge in [-0.3, -0.25) is 9.59 Å². The molecule has 0 spiro atoms. The van der Waals surface area contributed by atoms with Gasteiger partial charge in [0.1, 0.15) is 0 Å². The van der Waals surface area contributed by atoms with Gasteiger partial charge in [0.2, 0.25) is 5.91 Å². The zero-order valence-electron chi connectivity index (χ0n) is 24.5. The summed E-state index contributed by atoms with van der Waals surface area (Å²) in [6, 6.07) is 13.1. The molecule has 0 radical (unpaired) electrons. The van der Waals surface area contributed by atoms with Crippen molar-refractivity contribution >= 4 is 17.5 Å². The second kappa shape index (κ2) is 14.1. The molecule has 2 aromatic carbocycles. The number of ether oxygens (including phenoxy) is 1. The summed E-state index contributed by atoms with van der Waals surface area (Å²) in [5.74, 6) is -0.152. The van der Waals surface area contributed by atoms with Crippen molar-refractivity contribution in [3.05, 3.63) is 53.1 Å². The van der Waals surface area contributed by atoms with E-state index >= 15 is 0 Å². The summed E-state index contributed by atoms with van der Waals surface area (Å²) in [6.45, 7) is 12.3. The van der Waals surface area contributed by atoms with E-state index in [2.05, 4.69) is 65.0 Å². The number of nitrogens with one attached hydrogen (secondary N) is 3. The van der Waals surface area contributed by atoms with Crippen molar-refractivity contribution in [3.8, 4) is 11.1 Å². The van der Waals surface area contributed by atoms with Crippen molar-refractivity contribution in [1.82, 2.24) is 16.0 Å². The minimum Gasteiger partial charge on any atom is -0.395 e. The second-order valence-electron chi connectivity index (χ2n) is 11.3. The number of piperidine rings is 1. The lowest BCUT2D eigenvalue weighted by molar-refractivity contribution is -0.129. The molecule has 2 aliphatic rings. The fourth-order valence-corrected chi connectivity index (χ4v) is 6.13. The van der Waals surface area contributed by atoms with E-state index in [4.69, 9.17) is 9.84 Å². The fraction of sp³-hybridized carbons (Fsp3) is 0.562. The monoisotopic (exact) mass is 550 g/mol. The summed E-state index contributed by atoms with van der Waals surface area (Å²) in [5, 5.41) is 18.4. The number of rotatable bonds is 11. The SMILES string of the molecule is CCN(c1cc(-c2ccc(CNCCO)cc2)cc(C(=O)NCC2C(=O)NC(C)CC2C)c1C)C1CCOCC1. The van der Waals surface area contributed by atoms with E-state index in [0.29, 0.717) is 31.2 Å². The van der Waals surface area contributed by atoms with Gasteiger partial charge in [-0.15, -0.1) is 0 Å². The molecule has 2 aliphatic heterocycles. The first kappa shape index (κ1) is 30.0. The number of aliphatic hydroxyl groups is 1. The number of amides is 2. The normalized spacial score (nSPS) is 21.6. The van der Waals surface area contributed by atoms with Gasteiger partial charge in [0, 0.05) is 62.7 Å². The molecule has 3 atom stereocenters. The van der Waals surface area contributed by atoms with Gasteiger partial charge in [-0.05, 0) is 80.3 Å². The van der Waals surface area contributed by atoms with Crippen LogP contribution in [0.25, 0.3) is 11.1 Å². The Morgan fingerprint density at radius 2 is 1.85 bits per heavy atom. The highest BCUT2D eigenvalue weighted by atomic mass is 16.5. The summed E-state index contributed by atoms with van der Waals surface area (Å²) in [4.78, 5) is 28.8. The minimum atomic E-state index is -0.232. The molecule has 40 heavy (non-hydrogen) atoms. The summed E-state index contributed by atoms with van der Waals surface area (Å²) < 4.78 is 5.63. The van der Waals surface area contributed by atoms with Gasteiger partial charge in [0.15, 0.2) is 0 Å². The molecule has 0 aromatic heterocycles. The standard InChI is InChI=1S/C32H46N4O4/c1-5-36(27-10-14-40-15-11-27)30-18-26(25-8-6-24(7-9-25)19-33-12-13-37)17-28(23(30)4)31(38)34-20-29-21(2)16-22(3)35-32(29)39/h6-9,17-18,21-22,27,29,33,37H,5,10-16,19-20H2,1-4H3,(H,34,38)(H,35,39). The van der Waals surface area contributed by atoms with Crippen LogP contribution in [0.15, 0.2) is 36.4 Å². The largest absolute Gasteiger partial charge is 0.395 e. The van der Waals surface area contributed by atoms with Crippen molar-refractivity contribution in [1.29, 1.82) is 0 Å². The average Bonchev–Trinajstić information content (AvgIpc) is 2.95. The van der Waals surface area contributed by atoms with E-state index < -0.39 is 0 Å². The van der Waals surface area contributed by atoms with Crippen LogP contribution < -0.4 is 20.9 Å². The molecule has 4 rings (SSSR count). The smallest absolute Gasteiger partial charge is 0.251 e. The molecule has 8 heteroatoms. The molecular formula is C32H46N4O4. The molecule has 4 N–H and O–H groups in total. The molecule has 218 valence electrons. The van der Waals surface area contributed by atoms with E-state index in [0.717, 1.165) is 67.0 Å². The van der Waals surface area contributed by atoms with Crippen molar-refractivity contribution in [3.63, 3.8) is 0 Å². The number of carbonyl (C=O) groups excluding carboxylic acids is 2. The highest BCUT2D eigenvalue weighted by Crippen LogP contribution is 2.34. The summed E-state index contributed by atoms with van der Waals surface area (Å²) >= 11 is 0. The van der Waals surface area contributed by atoms with Crippen LogP contribution in [0.1, 0.15) is 61.5 Å². The first-order valence-corrected chi connectivity index (χ1v) is 14.8. The first-order chi connectivity index (χ1) is 19.3. The van der Waals surface area contributed by atoms with Crippen LogP contribution in [0.5, 0.6) is 0 Å². The lowest BCUT2D eigenvalue weighted by Crippen LogP contribution is -2.50. The maximum absolute atomic E-state index is 13.7. The topological polar surface area (TPSA) is 103 Å². The first-order valence-electron chi connectivity index (χ1n) is 14.8. The Hall–Kier alpha value is -2.94. The Bertz CT molecular complexity index is 1150. The quantitative estimate of drug-likeness (QED) is 0.319. The van der Waals surface area contributed by atoms with Crippen molar-refractivity contribution in [2.45, 2.75) is 65.6 Å². The van der Waals surface area contributed by atoms with Gasteiger partial charge in [-0.1, -0.05) is 31.2 Å².